The summed E-state index contributed by atoms with van der Waals surface area (Å²) in [6.07, 6.45) is 5.83. The number of thiazole rings is 1. The van der Waals surface area contributed by atoms with Crippen LogP contribution in [-0.4, -0.2) is 35.7 Å². The number of nitrogens with one attached hydrogen (secondary N) is 1. The molecule has 2 aliphatic rings. The molecule has 1 atom stereocenters. The monoisotopic (exact) mass is 558 g/mol. The van der Waals surface area contributed by atoms with Crippen LogP contribution in [0.2, 0.25) is 0 Å². The molecule has 3 heterocycles. The predicted octanol–water partition coefficient (Wildman–Crippen LogP) is 7.89. The highest BCUT2D eigenvalue weighted by Crippen LogP contribution is 2.38. The molecule has 7 heteroatoms. The summed E-state index contributed by atoms with van der Waals surface area (Å²) in [4.78, 5) is 9.62. The maximum atomic E-state index is 13.6. The number of rotatable bonds is 10. The zero-order chi connectivity index (χ0) is 27.3. The van der Waals surface area contributed by atoms with E-state index in [-0.39, 0.29) is 17.6 Å². The Bertz CT molecular complexity index is 1310. The molecule has 208 valence electrons. The zero-order valence-corrected chi connectivity index (χ0v) is 23.5. The number of nitrogens with zero attached hydrogens (tertiary/aromatic N) is 3. The van der Waals surface area contributed by atoms with Crippen LogP contribution in [0.5, 0.6) is 0 Å². The molecule has 1 fully saturated rings. The minimum absolute atomic E-state index is 0.137. The molecule has 3 aromatic carbocycles. The minimum atomic E-state index is -0.229. The van der Waals surface area contributed by atoms with Crippen LogP contribution in [0, 0.1) is 17.6 Å². The average molecular weight is 559 g/mol. The third kappa shape index (κ3) is 6.37. The van der Waals surface area contributed by atoms with Gasteiger partial charge < -0.3 is 15.1 Å². The molecule has 0 amide bonds. The zero-order valence-electron chi connectivity index (χ0n) is 22.7. The maximum absolute atomic E-state index is 13.6. The van der Waals surface area contributed by atoms with E-state index >= 15 is 0 Å². The van der Waals surface area contributed by atoms with Gasteiger partial charge in [0, 0.05) is 11.3 Å². The molecule has 4 aromatic rings. The van der Waals surface area contributed by atoms with Crippen molar-refractivity contribution in [2.45, 2.75) is 50.7 Å². The summed E-state index contributed by atoms with van der Waals surface area (Å²) in [5.74, 6) is 0.365. The summed E-state index contributed by atoms with van der Waals surface area (Å²) in [6, 6.07) is 22.1. The molecular weight excluding hydrogens is 522 g/mol. The van der Waals surface area contributed by atoms with Gasteiger partial charge in [0.25, 0.3) is 0 Å². The molecular formula is C33H36F2N4S. The number of anilines is 2. The molecule has 1 unspecified atom stereocenters. The Morgan fingerprint density at radius 3 is 2.23 bits per heavy atom. The minimum Gasteiger partial charge on any atom is -0.363 e. The first-order valence-electron chi connectivity index (χ1n) is 14.3. The largest absolute Gasteiger partial charge is 0.363 e. The fraction of sp³-hybridized carbons (Fsp3) is 0.364. The van der Waals surface area contributed by atoms with Crippen LogP contribution in [0.3, 0.4) is 0 Å². The lowest BCUT2D eigenvalue weighted by Gasteiger charge is -2.35. The summed E-state index contributed by atoms with van der Waals surface area (Å²) in [5.41, 5.74) is 7.70. The van der Waals surface area contributed by atoms with Gasteiger partial charge in [0.1, 0.15) is 11.6 Å². The van der Waals surface area contributed by atoms with Gasteiger partial charge in [-0.3, -0.25) is 0 Å². The Morgan fingerprint density at radius 2 is 1.57 bits per heavy atom. The summed E-state index contributed by atoms with van der Waals surface area (Å²) in [5, 5.41) is 5.93. The van der Waals surface area contributed by atoms with Gasteiger partial charge >= 0.3 is 0 Å². The van der Waals surface area contributed by atoms with Gasteiger partial charge in [-0.2, -0.15) is 0 Å². The highest BCUT2D eigenvalue weighted by atomic mass is 32.1. The second-order valence-electron chi connectivity index (χ2n) is 11.1. The standard InChI is InChI=1S/C33H36F2N4S/c34-27-11-7-25(8-12-27)30(26-9-13-28(35)14-10-26)4-3-17-38-18-15-24(16-19-38)20-33-37-31-5-1-2-6-32(31)39(33)21-29-22-40-23-36-29/h1-2,5-14,22-24,30,33,37H,3-4,15-21H2. The van der Waals surface area contributed by atoms with Gasteiger partial charge in [0.15, 0.2) is 0 Å². The lowest BCUT2D eigenvalue weighted by atomic mass is 9.87. The van der Waals surface area contributed by atoms with Crippen molar-refractivity contribution < 1.29 is 8.78 Å². The summed E-state index contributed by atoms with van der Waals surface area (Å²) >= 11 is 1.65. The van der Waals surface area contributed by atoms with Crippen molar-refractivity contribution in [2.24, 2.45) is 5.92 Å². The number of fused-ring (bicyclic) bond motifs is 1. The molecule has 1 saturated heterocycles. The van der Waals surface area contributed by atoms with Crippen LogP contribution in [0.1, 0.15) is 54.8 Å². The molecule has 2 aliphatic heterocycles. The number of piperidine rings is 1. The molecule has 1 aromatic heterocycles. The van der Waals surface area contributed by atoms with Crippen molar-refractivity contribution in [3.05, 3.63) is 112 Å². The predicted molar refractivity (Wildman–Crippen MR) is 160 cm³/mol. The molecule has 1 N–H and O–H groups in total. The van der Waals surface area contributed by atoms with E-state index in [2.05, 4.69) is 49.7 Å². The first kappa shape index (κ1) is 26.9. The number of para-hydroxylation sites is 2. The van der Waals surface area contributed by atoms with Crippen LogP contribution < -0.4 is 10.2 Å². The Kier molecular flexibility index (Phi) is 8.40. The highest BCUT2D eigenvalue weighted by Gasteiger charge is 2.32. The molecule has 0 radical (unpaired) electrons. The van der Waals surface area contributed by atoms with Crippen LogP contribution in [0.25, 0.3) is 0 Å². The van der Waals surface area contributed by atoms with Crippen LogP contribution >= 0.6 is 11.3 Å². The molecule has 0 saturated carbocycles. The molecule has 0 spiro atoms. The van der Waals surface area contributed by atoms with E-state index in [1.165, 1.54) is 48.5 Å². The number of aromatic nitrogens is 1. The summed E-state index contributed by atoms with van der Waals surface area (Å²) in [6.45, 7) is 4.12. The van der Waals surface area contributed by atoms with E-state index in [0.717, 1.165) is 62.3 Å². The SMILES string of the molecule is Fc1ccc(C(CCCN2CCC(CC3Nc4ccccc4N3Cc3cscn3)CC2)c2ccc(F)cc2)cc1. The maximum Gasteiger partial charge on any atom is 0.123 e. The van der Waals surface area contributed by atoms with E-state index in [4.69, 9.17) is 0 Å². The second kappa shape index (κ2) is 12.5. The van der Waals surface area contributed by atoms with Crippen molar-refractivity contribution >= 4 is 22.7 Å². The lowest BCUT2D eigenvalue weighted by molar-refractivity contribution is 0.172. The average Bonchev–Trinajstić information content (AvgIpc) is 3.62. The number of hydrogen-bond acceptors (Lipinski definition) is 5. The number of hydrogen-bond donors (Lipinski definition) is 1. The first-order valence-corrected chi connectivity index (χ1v) is 15.3. The highest BCUT2D eigenvalue weighted by molar-refractivity contribution is 7.07. The fourth-order valence-corrected chi connectivity index (χ4v) is 6.89. The van der Waals surface area contributed by atoms with Crippen molar-refractivity contribution in [3.63, 3.8) is 0 Å². The topological polar surface area (TPSA) is 31.4 Å². The van der Waals surface area contributed by atoms with E-state index in [0.29, 0.717) is 12.1 Å². The third-order valence-electron chi connectivity index (χ3n) is 8.50. The van der Waals surface area contributed by atoms with E-state index in [1.54, 1.807) is 11.3 Å². The fourth-order valence-electron chi connectivity index (χ4n) is 6.34. The van der Waals surface area contributed by atoms with Gasteiger partial charge in [-0.05, 0) is 105 Å². The third-order valence-corrected chi connectivity index (χ3v) is 9.14. The van der Waals surface area contributed by atoms with Crippen LogP contribution in [-0.2, 0) is 6.54 Å². The van der Waals surface area contributed by atoms with E-state index in [9.17, 15) is 8.78 Å². The van der Waals surface area contributed by atoms with Crippen LogP contribution in [0.4, 0.5) is 20.2 Å². The lowest BCUT2D eigenvalue weighted by Crippen LogP contribution is -2.40. The number of likely N-dealkylation sites (tertiary alicyclic amines) is 1. The molecule has 4 nitrogen and oxygen atoms in total. The van der Waals surface area contributed by atoms with Gasteiger partial charge in [-0.25, -0.2) is 13.8 Å². The van der Waals surface area contributed by atoms with Gasteiger partial charge in [0.2, 0.25) is 0 Å². The van der Waals surface area contributed by atoms with Gasteiger partial charge in [-0.15, -0.1) is 11.3 Å². The molecule has 0 aliphatic carbocycles. The molecule has 6 rings (SSSR count). The Hall–Kier alpha value is -3.29. The smallest absolute Gasteiger partial charge is 0.123 e. The van der Waals surface area contributed by atoms with Gasteiger partial charge in [-0.1, -0.05) is 36.4 Å². The van der Waals surface area contributed by atoms with Crippen molar-refractivity contribution in [3.8, 4) is 0 Å². The molecule has 40 heavy (non-hydrogen) atoms. The second-order valence-corrected chi connectivity index (χ2v) is 11.8. The first-order chi connectivity index (χ1) is 19.6. The number of halogens is 2. The van der Waals surface area contributed by atoms with Crippen molar-refractivity contribution in [1.29, 1.82) is 0 Å². The Balaban J connectivity index is 1.02. The summed E-state index contributed by atoms with van der Waals surface area (Å²) in [7, 11) is 0. The van der Waals surface area contributed by atoms with Crippen LogP contribution in [0.15, 0.2) is 83.7 Å². The van der Waals surface area contributed by atoms with E-state index in [1.807, 2.05) is 29.8 Å². The van der Waals surface area contributed by atoms with Gasteiger partial charge in [0.05, 0.1) is 35.3 Å². The summed E-state index contributed by atoms with van der Waals surface area (Å²) < 4.78 is 27.1. The Labute approximate surface area is 239 Å². The van der Waals surface area contributed by atoms with E-state index < -0.39 is 0 Å². The molecule has 0 bridgehead atoms. The quantitative estimate of drug-likeness (QED) is 0.214. The van der Waals surface area contributed by atoms with Crippen molar-refractivity contribution in [1.82, 2.24) is 9.88 Å². The Morgan fingerprint density at radius 1 is 0.900 bits per heavy atom. The van der Waals surface area contributed by atoms with Crippen molar-refractivity contribution in [2.75, 3.05) is 29.9 Å². The number of benzene rings is 3. The normalized spacial score (nSPS) is 17.8.